The van der Waals surface area contributed by atoms with Gasteiger partial charge in [-0.1, -0.05) is 12.1 Å². The van der Waals surface area contributed by atoms with E-state index in [0.29, 0.717) is 25.3 Å². The molecule has 0 aliphatic carbocycles. The zero-order valence-corrected chi connectivity index (χ0v) is 15.1. The van der Waals surface area contributed by atoms with E-state index in [2.05, 4.69) is 9.97 Å². The fourth-order valence-corrected chi connectivity index (χ4v) is 3.36. The molecule has 27 heavy (non-hydrogen) atoms. The van der Waals surface area contributed by atoms with Crippen molar-refractivity contribution in [3.63, 3.8) is 0 Å². The highest BCUT2D eigenvalue weighted by atomic mass is 19.1. The number of likely N-dealkylation sites (tertiary alicyclic amines) is 1. The van der Waals surface area contributed by atoms with Crippen molar-refractivity contribution in [2.75, 3.05) is 13.1 Å². The van der Waals surface area contributed by atoms with Gasteiger partial charge in [0.15, 0.2) is 5.69 Å². The van der Waals surface area contributed by atoms with Gasteiger partial charge in [-0.2, -0.15) is 4.39 Å². The van der Waals surface area contributed by atoms with Crippen molar-refractivity contribution in [3.05, 3.63) is 65.6 Å². The Balaban J connectivity index is 1.46. The second kappa shape index (κ2) is 7.44. The fraction of sp³-hybridized carbons (Fsp3) is 0.350. The number of aromatic nitrogens is 3. The molecule has 4 rings (SSSR count). The molecular formula is C20H21FN4O2. The van der Waals surface area contributed by atoms with Crippen molar-refractivity contribution in [3.8, 4) is 0 Å². The van der Waals surface area contributed by atoms with Crippen LogP contribution < -0.4 is 0 Å². The summed E-state index contributed by atoms with van der Waals surface area (Å²) in [5.74, 6) is -0.999. The van der Waals surface area contributed by atoms with Crippen molar-refractivity contribution >= 4 is 11.6 Å². The molecule has 1 atom stereocenters. The van der Waals surface area contributed by atoms with E-state index >= 15 is 0 Å². The number of piperidine rings is 1. The van der Waals surface area contributed by atoms with Crippen LogP contribution in [0.3, 0.4) is 0 Å². The maximum absolute atomic E-state index is 14.7. The Bertz CT molecular complexity index is 957. The Morgan fingerprint density at radius 3 is 3.07 bits per heavy atom. The van der Waals surface area contributed by atoms with E-state index in [1.807, 2.05) is 25.1 Å². The van der Waals surface area contributed by atoms with E-state index in [9.17, 15) is 9.18 Å². The lowest BCUT2D eigenvalue weighted by atomic mass is 10.1. The summed E-state index contributed by atoms with van der Waals surface area (Å²) in [6, 6.07) is 7.38. The monoisotopic (exact) mass is 368 g/mol. The van der Waals surface area contributed by atoms with Gasteiger partial charge in [0, 0.05) is 31.7 Å². The van der Waals surface area contributed by atoms with Gasteiger partial charge in [0.2, 0.25) is 5.95 Å². The number of carbonyl (C=O) groups excluding carboxylic acids is 1. The lowest BCUT2D eigenvalue weighted by Gasteiger charge is -2.32. The third-order valence-corrected chi connectivity index (χ3v) is 4.78. The molecule has 0 radical (unpaired) electrons. The number of carbonyl (C=O) groups is 1. The number of pyridine rings is 2. The van der Waals surface area contributed by atoms with Crippen LogP contribution in [-0.4, -0.2) is 44.4 Å². The van der Waals surface area contributed by atoms with Crippen LogP contribution in [0.15, 0.2) is 42.9 Å². The minimum atomic E-state index is -0.614. The molecule has 7 heteroatoms. The molecule has 1 aliphatic heterocycles. The molecule has 4 heterocycles. The molecule has 0 bridgehead atoms. The molecule has 1 saturated heterocycles. The van der Waals surface area contributed by atoms with E-state index < -0.39 is 5.95 Å². The molecule has 0 N–H and O–H groups in total. The van der Waals surface area contributed by atoms with Gasteiger partial charge in [-0.15, -0.1) is 0 Å². The predicted molar refractivity (Wildman–Crippen MR) is 97.8 cm³/mol. The number of imidazole rings is 1. The summed E-state index contributed by atoms with van der Waals surface area (Å²) in [6.07, 6.45) is 6.74. The van der Waals surface area contributed by atoms with Crippen LogP contribution >= 0.6 is 0 Å². The first-order chi connectivity index (χ1) is 13.1. The first-order valence-electron chi connectivity index (χ1n) is 9.06. The van der Waals surface area contributed by atoms with Crippen LogP contribution in [-0.2, 0) is 11.3 Å². The van der Waals surface area contributed by atoms with Crippen LogP contribution in [0.4, 0.5) is 4.39 Å². The lowest BCUT2D eigenvalue weighted by molar-refractivity contribution is -0.00709. The summed E-state index contributed by atoms with van der Waals surface area (Å²) in [4.78, 5) is 22.7. The molecule has 1 aliphatic rings. The van der Waals surface area contributed by atoms with Crippen molar-refractivity contribution < 1.29 is 13.9 Å². The highest BCUT2D eigenvalue weighted by Crippen LogP contribution is 2.19. The second-order valence-corrected chi connectivity index (χ2v) is 6.87. The number of aryl methyl sites for hydroxylation is 1. The van der Waals surface area contributed by atoms with Crippen LogP contribution in [0.5, 0.6) is 0 Å². The molecule has 0 spiro atoms. The van der Waals surface area contributed by atoms with Gasteiger partial charge >= 0.3 is 0 Å². The fourth-order valence-electron chi connectivity index (χ4n) is 3.36. The van der Waals surface area contributed by atoms with Gasteiger partial charge in [0.25, 0.3) is 5.91 Å². The zero-order chi connectivity index (χ0) is 18.8. The minimum Gasteiger partial charge on any atom is -0.372 e. The molecule has 6 nitrogen and oxygen atoms in total. The number of ether oxygens (including phenoxy) is 1. The Labute approximate surface area is 156 Å². The summed E-state index contributed by atoms with van der Waals surface area (Å²) in [5, 5.41) is 0. The number of hydrogen-bond donors (Lipinski definition) is 0. The van der Waals surface area contributed by atoms with E-state index in [0.717, 1.165) is 24.0 Å². The maximum atomic E-state index is 14.7. The Kier molecular flexibility index (Phi) is 4.85. The molecule has 0 unspecified atom stereocenters. The van der Waals surface area contributed by atoms with Gasteiger partial charge < -0.3 is 9.64 Å². The summed E-state index contributed by atoms with van der Waals surface area (Å²) in [7, 11) is 0. The molecule has 3 aromatic rings. The van der Waals surface area contributed by atoms with Gasteiger partial charge in [-0.25, -0.2) is 4.98 Å². The zero-order valence-electron chi connectivity index (χ0n) is 15.1. The van der Waals surface area contributed by atoms with Gasteiger partial charge in [-0.3, -0.25) is 14.2 Å². The maximum Gasteiger partial charge on any atom is 0.277 e. The number of halogens is 1. The van der Waals surface area contributed by atoms with E-state index in [1.54, 1.807) is 29.6 Å². The lowest BCUT2D eigenvalue weighted by Crippen LogP contribution is -2.43. The van der Waals surface area contributed by atoms with E-state index in [-0.39, 0.29) is 17.7 Å². The molecule has 0 aromatic carbocycles. The van der Waals surface area contributed by atoms with Gasteiger partial charge in [0.05, 0.1) is 12.7 Å². The van der Waals surface area contributed by atoms with Crippen molar-refractivity contribution in [2.24, 2.45) is 0 Å². The average Bonchev–Trinajstić information content (AvgIpc) is 3.03. The van der Waals surface area contributed by atoms with Crippen LogP contribution in [0.1, 0.15) is 34.5 Å². The summed E-state index contributed by atoms with van der Waals surface area (Å²) in [6.45, 7) is 3.33. The topological polar surface area (TPSA) is 59.7 Å². The molecule has 140 valence electrons. The van der Waals surface area contributed by atoms with Crippen molar-refractivity contribution in [2.45, 2.75) is 32.5 Å². The Morgan fingerprint density at radius 1 is 1.37 bits per heavy atom. The quantitative estimate of drug-likeness (QED) is 0.710. The average molecular weight is 368 g/mol. The standard InChI is InChI=1S/C20H21FN4O2/c1-14-6-7-17-23-18(19(21)25(17)11-14)20(26)24-9-3-5-16(12-24)27-13-15-4-2-8-22-10-15/h2,4,6-8,10-11,16H,3,5,9,12-13H2,1H3/t16-/m1/s1. The van der Waals surface area contributed by atoms with Gasteiger partial charge in [-0.05, 0) is 43.0 Å². The third-order valence-electron chi connectivity index (χ3n) is 4.78. The summed E-state index contributed by atoms with van der Waals surface area (Å²) in [5.41, 5.74) is 2.19. The molecule has 0 saturated carbocycles. The largest absolute Gasteiger partial charge is 0.372 e. The number of rotatable bonds is 4. The minimum absolute atomic E-state index is 0.0785. The highest BCUT2D eigenvalue weighted by molar-refractivity contribution is 5.93. The molecular weight excluding hydrogens is 347 g/mol. The number of hydrogen-bond acceptors (Lipinski definition) is 4. The Hall–Kier alpha value is -2.80. The molecule has 1 amide bonds. The number of amides is 1. The van der Waals surface area contributed by atoms with E-state index in [1.165, 1.54) is 4.40 Å². The van der Waals surface area contributed by atoms with E-state index in [4.69, 9.17) is 4.74 Å². The third kappa shape index (κ3) is 3.68. The van der Waals surface area contributed by atoms with Crippen LogP contribution in [0.25, 0.3) is 5.65 Å². The normalized spacial score (nSPS) is 17.4. The van der Waals surface area contributed by atoms with Crippen molar-refractivity contribution in [1.82, 2.24) is 19.3 Å². The summed E-state index contributed by atoms with van der Waals surface area (Å²) >= 11 is 0. The molecule has 3 aromatic heterocycles. The smallest absolute Gasteiger partial charge is 0.277 e. The SMILES string of the molecule is Cc1ccc2nc(C(=O)N3CCC[C@@H](OCc4cccnc4)C3)c(F)n2c1. The predicted octanol–water partition coefficient (Wildman–Crippen LogP) is 3.00. The van der Waals surface area contributed by atoms with Crippen LogP contribution in [0, 0.1) is 12.9 Å². The first kappa shape index (κ1) is 17.6. The second-order valence-electron chi connectivity index (χ2n) is 6.87. The summed E-state index contributed by atoms with van der Waals surface area (Å²) < 4.78 is 22.0. The van der Waals surface area contributed by atoms with Crippen LogP contribution in [0.2, 0.25) is 0 Å². The van der Waals surface area contributed by atoms with Crippen molar-refractivity contribution in [1.29, 1.82) is 0 Å². The van der Waals surface area contributed by atoms with Gasteiger partial charge in [0.1, 0.15) is 5.65 Å². The number of fused-ring (bicyclic) bond motifs is 1. The number of nitrogens with zero attached hydrogens (tertiary/aromatic N) is 4. The first-order valence-corrected chi connectivity index (χ1v) is 9.06. The Morgan fingerprint density at radius 2 is 2.26 bits per heavy atom. The molecule has 1 fully saturated rings. The highest BCUT2D eigenvalue weighted by Gasteiger charge is 2.29.